The Balaban J connectivity index is 1.21. The third kappa shape index (κ3) is 3.59. The van der Waals surface area contributed by atoms with Gasteiger partial charge < -0.3 is 0 Å². The van der Waals surface area contributed by atoms with E-state index in [-0.39, 0.29) is 0 Å². The van der Waals surface area contributed by atoms with Crippen LogP contribution < -0.4 is 0 Å². The third-order valence-electron chi connectivity index (χ3n) is 9.51. The number of hydrogen-bond donors (Lipinski definition) is 0. The van der Waals surface area contributed by atoms with E-state index in [1.54, 1.807) is 89.9 Å². The first kappa shape index (κ1) is 17.4. The average Bonchev–Trinajstić information content (AvgIpc) is 2.63. The molecule has 0 heterocycles. The molecule has 24 heavy (non-hydrogen) atoms. The summed E-state index contributed by atoms with van der Waals surface area (Å²) >= 11 is 0. The van der Waals surface area contributed by atoms with Gasteiger partial charge in [-0.1, -0.05) is 65.2 Å². The summed E-state index contributed by atoms with van der Waals surface area (Å²) in [5.41, 5.74) is 1.55. The summed E-state index contributed by atoms with van der Waals surface area (Å²) in [5, 5.41) is 0. The van der Waals surface area contributed by atoms with Crippen LogP contribution in [0.25, 0.3) is 0 Å². The molecule has 0 aromatic rings. The molecular weight excluding hydrogens is 288 g/mol. The normalized spacial score (nSPS) is 49.2. The van der Waals surface area contributed by atoms with Gasteiger partial charge in [0.05, 0.1) is 0 Å². The number of hydrogen-bond acceptors (Lipinski definition) is 0. The maximum Gasteiger partial charge on any atom is -0.0269 e. The smallest absolute Gasteiger partial charge is 0.0269 e. The fraction of sp³-hybridized carbons (Fsp3) is 1.00. The maximum absolute atomic E-state index is 2.57. The minimum Gasteiger partial charge on any atom is -0.0625 e. The van der Waals surface area contributed by atoms with E-state index in [1.807, 2.05) is 0 Å². The molecule has 0 aromatic heterocycles. The van der Waals surface area contributed by atoms with Gasteiger partial charge in [-0.15, -0.1) is 0 Å². The van der Waals surface area contributed by atoms with E-state index >= 15 is 0 Å². The molecule has 5 fully saturated rings. The lowest BCUT2D eigenvalue weighted by atomic mass is 9.49. The van der Waals surface area contributed by atoms with Crippen molar-refractivity contribution in [2.75, 3.05) is 0 Å². The number of fused-ring (bicyclic) bond motifs is 3. The van der Waals surface area contributed by atoms with Crippen LogP contribution in [0.2, 0.25) is 0 Å². The minimum absolute atomic E-state index is 0.746. The molecule has 0 atom stereocenters. The monoisotopic (exact) mass is 330 g/mol. The molecule has 0 radical (unpaired) electrons. The van der Waals surface area contributed by atoms with Crippen molar-refractivity contribution in [1.82, 2.24) is 0 Å². The molecule has 0 amide bonds. The molecule has 5 saturated carbocycles. The zero-order chi connectivity index (χ0) is 16.6. The van der Waals surface area contributed by atoms with Crippen molar-refractivity contribution in [2.45, 2.75) is 117 Å². The van der Waals surface area contributed by atoms with Gasteiger partial charge in [-0.25, -0.2) is 0 Å². The lowest BCUT2D eigenvalue weighted by Crippen LogP contribution is -2.45. The second-order valence-electron chi connectivity index (χ2n) is 11.1. The molecule has 138 valence electrons. The summed E-state index contributed by atoms with van der Waals surface area (Å²) < 4.78 is 0. The predicted octanol–water partition coefficient (Wildman–Crippen LogP) is 7.76. The van der Waals surface area contributed by atoms with Crippen LogP contribution in [0.1, 0.15) is 117 Å². The second kappa shape index (κ2) is 6.96. The topological polar surface area (TPSA) is 0 Å². The van der Waals surface area contributed by atoms with Crippen LogP contribution in [0, 0.1) is 34.5 Å². The first-order valence-corrected chi connectivity index (χ1v) is 11.6. The van der Waals surface area contributed by atoms with Crippen molar-refractivity contribution in [2.24, 2.45) is 34.5 Å². The predicted molar refractivity (Wildman–Crippen MR) is 104 cm³/mol. The van der Waals surface area contributed by atoms with Crippen molar-refractivity contribution < 1.29 is 0 Å². The van der Waals surface area contributed by atoms with Crippen molar-refractivity contribution >= 4 is 0 Å². The first-order valence-electron chi connectivity index (χ1n) is 11.6. The Morgan fingerprint density at radius 1 is 0.625 bits per heavy atom. The Morgan fingerprint density at radius 2 is 1.08 bits per heavy atom. The highest BCUT2D eigenvalue weighted by Crippen LogP contribution is 2.62. The highest BCUT2D eigenvalue weighted by atomic mass is 14.5. The molecular formula is C24H42. The zero-order valence-electron chi connectivity index (χ0n) is 16.6. The molecule has 5 aliphatic carbocycles. The van der Waals surface area contributed by atoms with Crippen molar-refractivity contribution in [3.05, 3.63) is 0 Å². The van der Waals surface area contributed by atoms with E-state index in [2.05, 4.69) is 13.8 Å². The SMILES string of the molecule is CC1CCC(CCC2CCC(C34CCC(C)(CC3)CC4)CC2)CC1. The molecule has 0 aliphatic heterocycles. The average molecular weight is 331 g/mol. The summed E-state index contributed by atoms with van der Waals surface area (Å²) in [6.07, 6.45) is 25.0. The number of rotatable bonds is 4. The van der Waals surface area contributed by atoms with Crippen LogP contribution in [-0.2, 0) is 0 Å². The van der Waals surface area contributed by atoms with Gasteiger partial charge >= 0.3 is 0 Å². The van der Waals surface area contributed by atoms with Crippen molar-refractivity contribution in [3.8, 4) is 0 Å². The highest BCUT2D eigenvalue weighted by Gasteiger charge is 2.50. The third-order valence-corrected chi connectivity index (χ3v) is 9.51. The molecule has 2 bridgehead atoms. The van der Waals surface area contributed by atoms with Gasteiger partial charge in [0.1, 0.15) is 0 Å². The van der Waals surface area contributed by atoms with E-state index in [0.717, 1.165) is 34.5 Å². The second-order valence-corrected chi connectivity index (χ2v) is 11.1. The van der Waals surface area contributed by atoms with E-state index in [0.29, 0.717) is 0 Å². The van der Waals surface area contributed by atoms with E-state index in [9.17, 15) is 0 Å². The lowest BCUT2D eigenvalue weighted by molar-refractivity contribution is -0.0535. The van der Waals surface area contributed by atoms with Crippen molar-refractivity contribution in [1.29, 1.82) is 0 Å². The van der Waals surface area contributed by atoms with Crippen LogP contribution >= 0.6 is 0 Å². The quantitative estimate of drug-likeness (QED) is 0.494. The summed E-state index contributed by atoms with van der Waals surface area (Å²) in [4.78, 5) is 0. The molecule has 0 aromatic carbocycles. The molecule has 5 aliphatic rings. The summed E-state index contributed by atoms with van der Waals surface area (Å²) in [7, 11) is 0. The fourth-order valence-electron chi connectivity index (χ4n) is 7.17. The van der Waals surface area contributed by atoms with Gasteiger partial charge in [0, 0.05) is 0 Å². The van der Waals surface area contributed by atoms with Crippen molar-refractivity contribution in [3.63, 3.8) is 0 Å². The highest BCUT2D eigenvalue weighted by molar-refractivity contribution is 5.01. The Bertz CT molecular complexity index is 381. The van der Waals surface area contributed by atoms with Crippen LogP contribution in [-0.4, -0.2) is 0 Å². The molecule has 0 nitrogen and oxygen atoms in total. The van der Waals surface area contributed by atoms with Gasteiger partial charge in [-0.3, -0.25) is 0 Å². The molecule has 0 heteroatoms. The Morgan fingerprint density at radius 3 is 1.58 bits per heavy atom. The Labute approximate surface area is 151 Å². The molecule has 0 unspecified atom stereocenters. The summed E-state index contributed by atoms with van der Waals surface area (Å²) in [6.45, 7) is 5.02. The standard InChI is InChI=1S/C24H42/c1-19-3-5-20(6-4-19)7-8-21-9-11-22(12-10-21)24-16-13-23(2,14-17-24)15-18-24/h19-22H,3-18H2,1-2H3. The zero-order valence-corrected chi connectivity index (χ0v) is 16.6. The molecule has 0 saturated heterocycles. The van der Waals surface area contributed by atoms with Gasteiger partial charge in [-0.05, 0) is 85.9 Å². The Hall–Kier alpha value is 0. The van der Waals surface area contributed by atoms with Crippen LogP contribution in [0.3, 0.4) is 0 Å². The van der Waals surface area contributed by atoms with Gasteiger partial charge in [-0.2, -0.15) is 0 Å². The van der Waals surface area contributed by atoms with E-state index < -0.39 is 0 Å². The lowest BCUT2D eigenvalue weighted by Gasteiger charge is -2.56. The molecule has 5 rings (SSSR count). The van der Waals surface area contributed by atoms with Crippen LogP contribution in [0.15, 0.2) is 0 Å². The largest absolute Gasteiger partial charge is 0.0625 e. The van der Waals surface area contributed by atoms with Crippen LogP contribution in [0.5, 0.6) is 0 Å². The summed E-state index contributed by atoms with van der Waals surface area (Å²) in [6, 6.07) is 0. The summed E-state index contributed by atoms with van der Waals surface area (Å²) in [5.74, 6) is 4.30. The van der Waals surface area contributed by atoms with Crippen LogP contribution in [0.4, 0.5) is 0 Å². The molecule has 0 N–H and O–H groups in total. The first-order chi connectivity index (χ1) is 11.6. The maximum atomic E-state index is 2.57. The van der Waals surface area contributed by atoms with E-state index in [4.69, 9.17) is 0 Å². The van der Waals surface area contributed by atoms with E-state index in [1.165, 1.54) is 12.8 Å². The van der Waals surface area contributed by atoms with Gasteiger partial charge in [0.15, 0.2) is 0 Å². The fourth-order valence-corrected chi connectivity index (χ4v) is 7.17. The minimum atomic E-state index is 0.746. The Kier molecular flexibility index (Phi) is 5.05. The molecule has 0 spiro atoms. The van der Waals surface area contributed by atoms with Gasteiger partial charge in [0.25, 0.3) is 0 Å². The van der Waals surface area contributed by atoms with Gasteiger partial charge in [0.2, 0.25) is 0 Å².